The third-order valence-corrected chi connectivity index (χ3v) is 4.45. The number of halogens is 2. The third kappa shape index (κ3) is 4.43. The van der Waals surface area contributed by atoms with E-state index in [0.717, 1.165) is 0 Å². The minimum atomic E-state index is -0.217. The first-order valence-electron chi connectivity index (χ1n) is 7.60. The Morgan fingerprint density at radius 1 is 1.20 bits per heavy atom. The van der Waals surface area contributed by atoms with Gasteiger partial charge in [-0.1, -0.05) is 23.2 Å². The number of hydrogen-bond acceptors (Lipinski definition) is 5. The highest BCUT2D eigenvalue weighted by Crippen LogP contribution is 2.25. The predicted molar refractivity (Wildman–Crippen MR) is 94.7 cm³/mol. The summed E-state index contributed by atoms with van der Waals surface area (Å²) in [5, 5.41) is 11.4. The molecule has 1 atom stereocenters. The molecule has 0 spiro atoms. The van der Waals surface area contributed by atoms with E-state index in [1.54, 1.807) is 35.2 Å². The Bertz CT molecular complexity index is 758. The molecule has 0 radical (unpaired) electrons. The second-order valence-corrected chi connectivity index (χ2v) is 6.26. The Morgan fingerprint density at radius 3 is 2.64 bits per heavy atom. The number of likely N-dealkylation sites (tertiary alicyclic amines) is 1. The Balaban J connectivity index is 1.54. The number of carbonyl (C=O) groups is 1. The van der Waals surface area contributed by atoms with E-state index < -0.39 is 0 Å². The van der Waals surface area contributed by atoms with Gasteiger partial charge in [0.15, 0.2) is 0 Å². The fourth-order valence-electron chi connectivity index (χ4n) is 2.44. The number of hydrogen-bond donors (Lipinski definition) is 1. The number of anilines is 1. The molecular formula is C16H16Cl2N4O3. The zero-order chi connectivity index (χ0) is 17.8. The smallest absolute Gasteiger partial charge is 0.321 e. The van der Waals surface area contributed by atoms with Crippen LogP contribution in [0.15, 0.2) is 30.3 Å². The van der Waals surface area contributed by atoms with Gasteiger partial charge in [0, 0.05) is 30.8 Å². The van der Waals surface area contributed by atoms with Crippen molar-refractivity contribution < 1.29 is 14.3 Å². The lowest BCUT2D eigenvalue weighted by Crippen LogP contribution is -2.34. The van der Waals surface area contributed by atoms with Gasteiger partial charge in [-0.05, 0) is 18.2 Å². The number of nitrogens with one attached hydrogen (secondary N) is 1. The maximum atomic E-state index is 12.3. The molecule has 1 aromatic carbocycles. The Morgan fingerprint density at radius 2 is 1.96 bits per heavy atom. The molecule has 1 aliphatic rings. The summed E-state index contributed by atoms with van der Waals surface area (Å²) >= 11 is 11.8. The van der Waals surface area contributed by atoms with Crippen LogP contribution in [-0.2, 0) is 0 Å². The molecule has 0 aliphatic carbocycles. The minimum Gasteiger partial charge on any atom is -0.480 e. The van der Waals surface area contributed by atoms with Crippen LogP contribution >= 0.6 is 23.2 Å². The van der Waals surface area contributed by atoms with Gasteiger partial charge in [-0.25, -0.2) is 4.79 Å². The molecule has 1 saturated heterocycles. The standard InChI is InChI=1S/C16H16Cl2N4O3/c1-24-14-4-5-15(21-20-14)25-11-6-7-22(9-11)16(23)19-10-2-3-12(17)13(18)8-10/h2-5,8,11H,6-7,9H2,1H3,(H,19,23). The molecule has 2 aromatic rings. The van der Waals surface area contributed by atoms with Crippen LogP contribution in [0.4, 0.5) is 10.5 Å². The van der Waals surface area contributed by atoms with E-state index in [4.69, 9.17) is 32.7 Å². The van der Waals surface area contributed by atoms with Gasteiger partial charge in [0.05, 0.1) is 23.7 Å². The fraction of sp³-hybridized carbons (Fsp3) is 0.312. The van der Waals surface area contributed by atoms with E-state index in [9.17, 15) is 4.79 Å². The highest BCUT2D eigenvalue weighted by molar-refractivity contribution is 6.42. The molecule has 1 aliphatic heterocycles. The average molecular weight is 383 g/mol. The maximum Gasteiger partial charge on any atom is 0.321 e. The maximum absolute atomic E-state index is 12.3. The molecule has 3 rings (SSSR count). The van der Waals surface area contributed by atoms with Crippen molar-refractivity contribution in [3.05, 3.63) is 40.4 Å². The van der Waals surface area contributed by atoms with Gasteiger partial charge in [-0.2, -0.15) is 0 Å². The van der Waals surface area contributed by atoms with E-state index in [1.807, 2.05) is 0 Å². The van der Waals surface area contributed by atoms with Crippen LogP contribution < -0.4 is 14.8 Å². The summed E-state index contributed by atoms with van der Waals surface area (Å²) in [5.74, 6) is 0.818. The van der Waals surface area contributed by atoms with Crippen molar-refractivity contribution >= 4 is 34.9 Å². The molecule has 1 N–H and O–H groups in total. The predicted octanol–water partition coefficient (Wildman–Crippen LogP) is 3.48. The second kappa shape index (κ2) is 7.76. The number of methoxy groups -OCH3 is 1. The van der Waals surface area contributed by atoms with Crippen molar-refractivity contribution in [3.8, 4) is 11.8 Å². The topological polar surface area (TPSA) is 76.6 Å². The summed E-state index contributed by atoms with van der Waals surface area (Å²) in [4.78, 5) is 14.0. The summed E-state index contributed by atoms with van der Waals surface area (Å²) in [7, 11) is 1.52. The molecule has 1 unspecified atom stereocenters. The quantitative estimate of drug-likeness (QED) is 0.875. The number of urea groups is 1. The lowest BCUT2D eigenvalue weighted by Gasteiger charge is -2.18. The van der Waals surface area contributed by atoms with E-state index in [0.29, 0.717) is 47.0 Å². The summed E-state index contributed by atoms with van der Waals surface area (Å²) in [6, 6.07) is 8.08. The molecule has 2 heterocycles. The fourth-order valence-corrected chi connectivity index (χ4v) is 2.73. The summed E-state index contributed by atoms with van der Waals surface area (Å²) in [6.45, 7) is 1.04. The van der Waals surface area contributed by atoms with Crippen LogP contribution in [0.5, 0.6) is 11.8 Å². The number of nitrogens with zero attached hydrogens (tertiary/aromatic N) is 3. The van der Waals surface area contributed by atoms with E-state index in [-0.39, 0.29) is 12.1 Å². The molecule has 7 nitrogen and oxygen atoms in total. The molecule has 9 heteroatoms. The molecule has 0 saturated carbocycles. The number of ether oxygens (including phenoxy) is 2. The molecule has 2 amide bonds. The van der Waals surface area contributed by atoms with Crippen molar-refractivity contribution in [1.29, 1.82) is 0 Å². The summed E-state index contributed by atoms with van der Waals surface area (Å²) in [5.41, 5.74) is 0.588. The summed E-state index contributed by atoms with van der Waals surface area (Å²) < 4.78 is 10.7. The molecule has 132 valence electrons. The van der Waals surface area contributed by atoms with Crippen molar-refractivity contribution in [2.45, 2.75) is 12.5 Å². The van der Waals surface area contributed by atoms with Gasteiger partial charge in [0.2, 0.25) is 11.8 Å². The van der Waals surface area contributed by atoms with E-state index >= 15 is 0 Å². The van der Waals surface area contributed by atoms with Crippen LogP contribution in [0.1, 0.15) is 6.42 Å². The van der Waals surface area contributed by atoms with Crippen LogP contribution in [0.3, 0.4) is 0 Å². The van der Waals surface area contributed by atoms with Crippen molar-refractivity contribution in [2.75, 3.05) is 25.5 Å². The largest absolute Gasteiger partial charge is 0.480 e. The van der Waals surface area contributed by atoms with Crippen molar-refractivity contribution in [1.82, 2.24) is 15.1 Å². The molecule has 25 heavy (non-hydrogen) atoms. The van der Waals surface area contributed by atoms with Crippen LogP contribution in [-0.4, -0.2) is 47.4 Å². The van der Waals surface area contributed by atoms with Gasteiger partial charge in [-0.3, -0.25) is 0 Å². The lowest BCUT2D eigenvalue weighted by molar-refractivity contribution is 0.188. The number of carbonyl (C=O) groups excluding carboxylic acids is 1. The Hall–Kier alpha value is -2.25. The van der Waals surface area contributed by atoms with Crippen LogP contribution in [0.25, 0.3) is 0 Å². The summed E-state index contributed by atoms with van der Waals surface area (Å²) in [6.07, 6.45) is 0.574. The first kappa shape index (κ1) is 17.6. The molecular weight excluding hydrogens is 367 g/mol. The van der Waals surface area contributed by atoms with Crippen molar-refractivity contribution in [2.24, 2.45) is 0 Å². The second-order valence-electron chi connectivity index (χ2n) is 5.45. The SMILES string of the molecule is COc1ccc(OC2CCN(C(=O)Nc3ccc(Cl)c(Cl)c3)C2)nn1. The average Bonchev–Trinajstić information content (AvgIpc) is 3.07. The van der Waals surface area contributed by atoms with Gasteiger partial charge in [-0.15, -0.1) is 10.2 Å². The first-order chi connectivity index (χ1) is 12.0. The monoisotopic (exact) mass is 382 g/mol. The number of amides is 2. The Labute approximate surface area is 154 Å². The Kier molecular flexibility index (Phi) is 5.45. The normalized spacial score (nSPS) is 16.6. The van der Waals surface area contributed by atoms with Gasteiger partial charge in [0.1, 0.15) is 6.10 Å². The van der Waals surface area contributed by atoms with Crippen LogP contribution in [0.2, 0.25) is 10.0 Å². The number of benzene rings is 1. The van der Waals surface area contributed by atoms with Gasteiger partial charge in [0.25, 0.3) is 0 Å². The minimum absolute atomic E-state index is 0.137. The molecule has 1 fully saturated rings. The number of aromatic nitrogens is 2. The van der Waals surface area contributed by atoms with Crippen molar-refractivity contribution in [3.63, 3.8) is 0 Å². The highest BCUT2D eigenvalue weighted by atomic mass is 35.5. The molecule has 0 bridgehead atoms. The number of rotatable bonds is 4. The van der Waals surface area contributed by atoms with E-state index in [2.05, 4.69) is 15.5 Å². The lowest BCUT2D eigenvalue weighted by atomic mass is 10.3. The zero-order valence-electron chi connectivity index (χ0n) is 13.4. The van der Waals surface area contributed by atoms with E-state index in [1.165, 1.54) is 7.11 Å². The first-order valence-corrected chi connectivity index (χ1v) is 8.36. The van der Waals surface area contributed by atoms with Gasteiger partial charge >= 0.3 is 6.03 Å². The van der Waals surface area contributed by atoms with Gasteiger partial charge < -0.3 is 19.7 Å². The third-order valence-electron chi connectivity index (χ3n) is 3.72. The highest BCUT2D eigenvalue weighted by Gasteiger charge is 2.28. The molecule has 1 aromatic heterocycles. The van der Waals surface area contributed by atoms with Crippen LogP contribution in [0, 0.1) is 0 Å². The zero-order valence-corrected chi connectivity index (χ0v) is 14.9.